The molecule has 8 heteroatoms. The van der Waals surface area contributed by atoms with Crippen molar-refractivity contribution >= 4 is 15.9 Å². The Kier molecular flexibility index (Phi) is 5.28. The number of hydrogen-bond acceptors (Lipinski definition) is 5. The van der Waals surface area contributed by atoms with Crippen LogP contribution in [0.5, 0.6) is 5.75 Å². The molecule has 1 aromatic rings. The molecule has 0 radical (unpaired) electrons. The molecular weight excluding hydrogens is 320 g/mol. The van der Waals surface area contributed by atoms with Crippen molar-refractivity contribution in [3.8, 4) is 5.75 Å². The van der Waals surface area contributed by atoms with E-state index in [4.69, 9.17) is 4.74 Å². The number of carbonyl (C=O) groups excluding carboxylic acids is 1. The molecular formula is C15H22N2O5S. The van der Waals surface area contributed by atoms with Crippen molar-refractivity contribution in [2.24, 2.45) is 5.92 Å². The highest BCUT2D eigenvalue weighted by molar-refractivity contribution is 7.89. The summed E-state index contributed by atoms with van der Waals surface area (Å²) in [4.78, 5) is 12.4. The molecule has 2 rings (SSSR count). The molecule has 2 atom stereocenters. The minimum Gasteiger partial charge on any atom is -0.508 e. The third kappa shape index (κ3) is 4.21. The summed E-state index contributed by atoms with van der Waals surface area (Å²) in [5.41, 5.74) is 1.10. The number of sulfonamides is 1. The molecule has 7 nitrogen and oxygen atoms in total. The fraction of sp³-hybridized carbons (Fsp3) is 0.533. The van der Waals surface area contributed by atoms with E-state index in [1.165, 1.54) is 30.5 Å². The first-order valence-electron chi connectivity index (χ1n) is 7.29. The Bertz CT molecular complexity index is 687. The average Bonchev–Trinajstić information content (AvgIpc) is 2.87. The number of carbonyl (C=O) groups is 1. The van der Waals surface area contributed by atoms with Crippen LogP contribution in [0.3, 0.4) is 0 Å². The molecule has 1 heterocycles. The van der Waals surface area contributed by atoms with Gasteiger partial charge in [0.25, 0.3) is 5.91 Å². The van der Waals surface area contributed by atoms with E-state index in [2.05, 4.69) is 5.32 Å². The monoisotopic (exact) mass is 342 g/mol. The zero-order valence-electron chi connectivity index (χ0n) is 13.4. The topological polar surface area (TPSA) is 95.9 Å². The standard InChI is InChI=1S/C15H22N2O5S/c1-10-4-5-12(18)6-13(10)15(19)16-14-8-22-7-11(14)9-23(20,21)17(2)3/h4-6,11,14,18H,7-9H2,1-3H3,(H,16,19). The van der Waals surface area contributed by atoms with Crippen LogP contribution in [0.15, 0.2) is 18.2 Å². The summed E-state index contributed by atoms with van der Waals surface area (Å²) in [5, 5.41) is 12.3. The molecule has 0 spiro atoms. The molecule has 1 aliphatic heterocycles. The third-order valence-electron chi connectivity index (χ3n) is 3.96. The highest BCUT2D eigenvalue weighted by Crippen LogP contribution is 2.20. The first-order chi connectivity index (χ1) is 10.7. The van der Waals surface area contributed by atoms with Gasteiger partial charge in [-0.25, -0.2) is 12.7 Å². The van der Waals surface area contributed by atoms with E-state index in [9.17, 15) is 18.3 Å². The average molecular weight is 342 g/mol. The number of ether oxygens (including phenoxy) is 1. The van der Waals surface area contributed by atoms with Crippen LogP contribution in [0.2, 0.25) is 0 Å². The second kappa shape index (κ2) is 6.86. The number of benzene rings is 1. The van der Waals surface area contributed by atoms with Crippen molar-refractivity contribution in [1.29, 1.82) is 0 Å². The van der Waals surface area contributed by atoms with Crippen LogP contribution in [0, 0.1) is 12.8 Å². The van der Waals surface area contributed by atoms with Crippen molar-refractivity contribution in [1.82, 2.24) is 9.62 Å². The molecule has 0 bridgehead atoms. The Morgan fingerprint density at radius 1 is 1.39 bits per heavy atom. The summed E-state index contributed by atoms with van der Waals surface area (Å²) in [7, 11) is -0.406. The number of phenolic OH excluding ortho intramolecular Hbond substituents is 1. The maximum Gasteiger partial charge on any atom is 0.251 e. The van der Waals surface area contributed by atoms with Gasteiger partial charge in [-0.2, -0.15) is 0 Å². The van der Waals surface area contributed by atoms with E-state index >= 15 is 0 Å². The number of nitrogens with zero attached hydrogens (tertiary/aromatic N) is 1. The maximum absolute atomic E-state index is 12.4. The Hall–Kier alpha value is -1.64. The number of aromatic hydroxyl groups is 1. The van der Waals surface area contributed by atoms with Crippen LogP contribution in [0.1, 0.15) is 15.9 Å². The summed E-state index contributed by atoms with van der Waals surface area (Å²) in [6, 6.07) is 4.19. The first kappa shape index (κ1) is 17.7. The number of nitrogens with one attached hydrogen (secondary N) is 1. The molecule has 23 heavy (non-hydrogen) atoms. The third-order valence-corrected chi connectivity index (χ3v) is 5.92. The van der Waals surface area contributed by atoms with Gasteiger partial charge in [0, 0.05) is 25.6 Å². The fourth-order valence-corrected chi connectivity index (χ4v) is 3.61. The number of rotatable bonds is 5. The molecule has 1 fully saturated rings. The van der Waals surface area contributed by atoms with Crippen LogP contribution in [-0.4, -0.2) is 62.8 Å². The van der Waals surface area contributed by atoms with Crippen molar-refractivity contribution in [2.45, 2.75) is 13.0 Å². The lowest BCUT2D eigenvalue weighted by molar-refractivity contribution is 0.0925. The summed E-state index contributed by atoms with van der Waals surface area (Å²) >= 11 is 0. The Labute approximate surface area is 136 Å². The van der Waals surface area contributed by atoms with Crippen molar-refractivity contribution in [2.75, 3.05) is 33.1 Å². The van der Waals surface area contributed by atoms with Crippen LogP contribution in [-0.2, 0) is 14.8 Å². The lowest BCUT2D eigenvalue weighted by atomic mass is 10.0. The minimum absolute atomic E-state index is 0.00941. The predicted octanol–water partition coefficient (Wildman–Crippen LogP) is 0.337. The molecule has 1 saturated heterocycles. The molecule has 2 unspecified atom stereocenters. The summed E-state index contributed by atoms with van der Waals surface area (Å²) in [6.45, 7) is 2.34. The zero-order valence-corrected chi connectivity index (χ0v) is 14.3. The Morgan fingerprint density at radius 3 is 2.74 bits per heavy atom. The van der Waals surface area contributed by atoms with Gasteiger partial charge in [0.1, 0.15) is 5.75 Å². The van der Waals surface area contributed by atoms with E-state index in [-0.39, 0.29) is 42.6 Å². The van der Waals surface area contributed by atoms with E-state index in [1.54, 1.807) is 13.0 Å². The summed E-state index contributed by atoms with van der Waals surface area (Å²) in [6.07, 6.45) is 0. The van der Waals surface area contributed by atoms with Gasteiger partial charge in [-0.05, 0) is 24.6 Å². The Morgan fingerprint density at radius 2 is 2.09 bits per heavy atom. The van der Waals surface area contributed by atoms with Crippen LogP contribution >= 0.6 is 0 Å². The number of aryl methyl sites for hydroxylation is 1. The molecule has 128 valence electrons. The normalized spacial score (nSPS) is 21.6. The van der Waals surface area contributed by atoms with Gasteiger partial charge in [0.15, 0.2) is 0 Å². The smallest absolute Gasteiger partial charge is 0.251 e. The van der Waals surface area contributed by atoms with Gasteiger partial charge >= 0.3 is 0 Å². The van der Waals surface area contributed by atoms with Crippen molar-refractivity contribution in [3.05, 3.63) is 29.3 Å². The Balaban J connectivity index is 2.09. The van der Waals surface area contributed by atoms with Crippen molar-refractivity contribution in [3.63, 3.8) is 0 Å². The van der Waals surface area contributed by atoms with E-state index < -0.39 is 10.0 Å². The summed E-state index contributed by atoms with van der Waals surface area (Å²) < 4.78 is 30.5. The van der Waals surface area contributed by atoms with Gasteiger partial charge in [-0.15, -0.1) is 0 Å². The van der Waals surface area contributed by atoms with E-state index in [0.29, 0.717) is 5.56 Å². The molecule has 0 aromatic heterocycles. The first-order valence-corrected chi connectivity index (χ1v) is 8.90. The lowest BCUT2D eigenvalue weighted by Gasteiger charge is -2.21. The molecule has 1 amide bonds. The van der Waals surface area contributed by atoms with Gasteiger partial charge in [-0.1, -0.05) is 6.07 Å². The molecule has 0 aliphatic carbocycles. The van der Waals surface area contributed by atoms with Crippen LogP contribution in [0.4, 0.5) is 0 Å². The molecule has 1 aliphatic rings. The quantitative estimate of drug-likeness (QED) is 0.804. The lowest BCUT2D eigenvalue weighted by Crippen LogP contribution is -2.43. The minimum atomic E-state index is -3.37. The van der Waals surface area contributed by atoms with Gasteiger partial charge in [0.2, 0.25) is 10.0 Å². The highest BCUT2D eigenvalue weighted by Gasteiger charge is 2.34. The number of hydrogen-bond donors (Lipinski definition) is 2. The van der Waals surface area contributed by atoms with E-state index in [1.807, 2.05) is 0 Å². The molecule has 2 N–H and O–H groups in total. The van der Waals surface area contributed by atoms with Crippen molar-refractivity contribution < 1.29 is 23.1 Å². The number of phenols is 1. The highest BCUT2D eigenvalue weighted by atomic mass is 32.2. The maximum atomic E-state index is 12.4. The van der Waals surface area contributed by atoms with Crippen LogP contribution < -0.4 is 5.32 Å². The van der Waals surface area contributed by atoms with E-state index in [0.717, 1.165) is 5.56 Å². The van der Waals surface area contributed by atoms with Gasteiger partial charge in [0.05, 0.1) is 25.0 Å². The summed E-state index contributed by atoms with van der Waals surface area (Å²) in [5.74, 6) is -0.718. The fourth-order valence-electron chi connectivity index (χ4n) is 2.44. The largest absolute Gasteiger partial charge is 0.508 e. The SMILES string of the molecule is Cc1ccc(O)cc1C(=O)NC1COCC1CS(=O)(=O)N(C)C. The number of amides is 1. The van der Waals surface area contributed by atoms with Gasteiger partial charge in [-0.3, -0.25) is 4.79 Å². The second-order valence-corrected chi connectivity index (χ2v) is 8.17. The second-order valence-electron chi connectivity index (χ2n) is 5.94. The predicted molar refractivity (Wildman–Crippen MR) is 85.9 cm³/mol. The van der Waals surface area contributed by atoms with Crippen LogP contribution in [0.25, 0.3) is 0 Å². The molecule has 0 saturated carbocycles. The molecule has 1 aromatic carbocycles. The van der Waals surface area contributed by atoms with Gasteiger partial charge < -0.3 is 15.2 Å². The zero-order chi connectivity index (χ0) is 17.2.